The molecule has 0 unspecified atom stereocenters. The zero-order valence-corrected chi connectivity index (χ0v) is 14.0. The van der Waals surface area contributed by atoms with Crippen LogP contribution >= 0.6 is 0 Å². The molecule has 126 valence electrons. The van der Waals surface area contributed by atoms with E-state index in [9.17, 15) is 13.2 Å². The second kappa shape index (κ2) is 6.62. The molecule has 0 saturated carbocycles. The van der Waals surface area contributed by atoms with Crippen molar-refractivity contribution in [2.45, 2.75) is 24.8 Å². The van der Waals surface area contributed by atoms with E-state index in [1.807, 2.05) is 19.1 Å². The molecule has 3 rings (SSSR count). The van der Waals surface area contributed by atoms with Crippen LogP contribution in [0.2, 0.25) is 0 Å². The van der Waals surface area contributed by atoms with E-state index in [0.29, 0.717) is 11.4 Å². The van der Waals surface area contributed by atoms with Crippen LogP contribution in [0.25, 0.3) is 0 Å². The van der Waals surface area contributed by atoms with Crippen LogP contribution in [0.4, 0.5) is 5.69 Å². The van der Waals surface area contributed by atoms with E-state index in [1.165, 1.54) is 0 Å². The number of benzene rings is 2. The summed E-state index contributed by atoms with van der Waals surface area (Å²) in [6, 6.07) is 12.0. The first-order valence-corrected chi connectivity index (χ1v) is 9.10. The lowest BCUT2D eigenvalue weighted by molar-refractivity contribution is -0.118. The van der Waals surface area contributed by atoms with Crippen molar-refractivity contribution >= 4 is 21.6 Å². The lowest BCUT2D eigenvalue weighted by atomic mass is 10.2. The Morgan fingerprint density at radius 1 is 1.12 bits per heavy atom. The van der Waals surface area contributed by atoms with Gasteiger partial charge in [0.1, 0.15) is 5.75 Å². The Hall–Kier alpha value is -2.38. The van der Waals surface area contributed by atoms with Gasteiger partial charge in [-0.1, -0.05) is 25.1 Å². The molecule has 1 heterocycles. The van der Waals surface area contributed by atoms with Gasteiger partial charge in [-0.3, -0.25) is 4.79 Å². The van der Waals surface area contributed by atoms with Gasteiger partial charge in [0.2, 0.25) is 10.0 Å². The third kappa shape index (κ3) is 3.58. The number of sulfonamides is 1. The maximum absolute atomic E-state index is 12.3. The van der Waals surface area contributed by atoms with E-state index < -0.39 is 10.0 Å². The van der Waals surface area contributed by atoms with E-state index in [2.05, 4.69) is 10.0 Å². The molecule has 1 aliphatic rings. The van der Waals surface area contributed by atoms with Crippen molar-refractivity contribution in [3.8, 4) is 5.75 Å². The van der Waals surface area contributed by atoms with Crippen molar-refractivity contribution in [3.05, 3.63) is 53.6 Å². The minimum absolute atomic E-state index is 0.0358. The topological polar surface area (TPSA) is 84.5 Å². The summed E-state index contributed by atoms with van der Waals surface area (Å²) in [5.41, 5.74) is 2.43. The molecule has 24 heavy (non-hydrogen) atoms. The van der Waals surface area contributed by atoms with Crippen LogP contribution in [0.3, 0.4) is 0 Å². The quantitative estimate of drug-likeness (QED) is 0.868. The van der Waals surface area contributed by atoms with Gasteiger partial charge in [-0.25, -0.2) is 13.1 Å². The molecule has 2 N–H and O–H groups in total. The number of anilines is 1. The maximum atomic E-state index is 12.3. The fourth-order valence-corrected chi connectivity index (χ4v) is 3.41. The van der Waals surface area contributed by atoms with Gasteiger partial charge in [0.25, 0.3) is 5.91 Å². The lowest BCUT2D eigenvalue weighted by Gasteiger charge is -2.18. The SMILES string of the molecule is CCc1ccc(S(=O)(=O)NCc2ccc3c(c2)OCC(=O)N3)cc1. The summed E-state index contributed by atoms with van der Waals surface area (Å²) in [5, 5.41) is 2.69. The molecule has 0 fully saturated rings. The Bertz CT molecular complexity index is 861. The largest absolute Gasteiger partial charge is 0.482 e. The molecule has 0 spiro atoms. The number of ether oxygens (including phenoxy) is 1. The van der Waals surface area contributed by atoms with Crippen LogP contribution in [0.1, 0.15) is 18.1 Å². The van der Waals surface area contributed by atoms with Crippen LogP contribution < -0.4 is 14.8 Å². The normalized spacial score (nSPS) is 13.8. The second-order valence-electron chi connectivity index (χ2n) is 5.49. The number of carbonyl (C=O) groups is 1. The van der Waals surface area contributed by atoms with Crippen molar-refractivity contribution in [1.82, 2.24) is 4.72 Å². The highest BCUT2D eigenvalue weighted by atomic mass is 32.2. The highest BCUT2D eigenvalue weighted by Crippen LogP contribution is 2.28. The van der Waals surface area contributed by atoms with Crippen LogP contribution in [-0.4, -0.2) is 20.9 Å². The standard InChI is InChI=1S/C17H18N2O4S/c1-2-12-3-6-14(7-4-12)24(21,22)18-10-13-5-8-15-16(9-13)23-11-17(20)19-15/h3-9,18H,2,10-11H2,1H3,(H,19,20). The molecular formula is C17H18N2O4S. The molecule has 0 saturated heterocycles. The van der Waals surface area contributed by atoms with Crippen molar-refractivity contribution in [2.75, 3.05) is 11.9 Å². The zero-order valence-electron chi connectivity index (χ0n) is 13.2. The summed E-state index contributed by atoms with van der Waals surface area (Å²) in [6.45, 7) is 2.12. The summed E-state index contributed by atoms with van der Waals surface area (Å²) in [4.78, 5) is 11.5. The van der Waals surface area contributed by atoms with Crippen molar-refractivity contribution in [3.63, 3.8) is 0 Å². The summed E-state index contributed by atoms with van der Waals surface area (Å²) >= 11 is 0. The Morgan fingerprint density at radius 3 is 2.54 bits per heavy atom. The van der Waals surface area contributed by atoms with Crippen LogP contribution in [-0.2, 0) is 27.8 Å². The average Bonchev–Trinajstić information content (AvgIpc) is 2.60. The van der Waals surface area contributed by atoms with Gasteiger partial charge >= 0.3 is 0 Å². The second-order valence-corrected chi connectivity index (χ2v) is 7.26. The van der Waals surface area contributed by atoms with Crippen molar-refractivity contribution in [1.29, 1.82) is 0 Å². The van der Waals surface area contributed by atoms with E-state index >= 15 is 0 Å². The molecule has 6 nitrogen and oxygen atoms in total. The number of hydrogen-bond acceptors (Lipinski definition) is 4. The van der Waals surface area contributed by atoms with Gasteiger partial charge in [-0.15, -0.1) is 0 Å². The Labute approximate surface area is 140 Å². The molecule has 1 aliphatic heterocycles. The van der Waals surface area contributed by atoms with Crippen LogP contribution in [0, 0.1) is 0 Å². The zero-order chi connectivity index (χ0) is 17.2. The molecule has 7 heteroatoms. The highest BCUT2D eigenvalue weighted by molar-refractivity contribution is 7.89. The number of carbonyl (C=O) groups excluding carboxylic acids is 1. The Kier molecular flexibility index (Phi) is 4.55. The molecular weight excluding hydrogens is 328 g/mol. The minimum atomic E-state index is -3.57. The van der Waals surface area contributed by atoms with Gasteiger partial charge in [0.05, 0.1) is 10.6 Å². The number of hydrogen-bond donors (Lipinski definition) is 2. The minimum Gasteiger partial charge on any atom is -0.482 e. The lowest BCUT2D eigenvalue weighted by Crippen LogP contribution is -2.26. The van der Waals surface area contributed by atoms with E-state index in [4.69, 9.17) is 4.74 Å². The predicted molar refractivity (Wildman–Crippen MR) is 90.4 cm³/mol. The molecule has 0 radical (unpaired) electrons. The Morgan fingerprint density at radius 2 is 1.83 bits per heavy atom. The van der Waals surface area contributed by atoms with Gasteiger partial charge < -0.3 is 10.1 Å². The van der Waals surface area contributed by atoms with Gasteiger partial charge in [-0.05, 0) is 41.8 Å². The number of nitrogens with one attached hydrogen (secondary N) is 2. The van der Waals surface area contributed by atoms with Crippen molar-refractivity contribution < 1.29 is 17.9 Å². The fraction of sp³-hybridized carbons (Fsp3) is 0.235. The number of rotatable bonds is 5. The van der Waals surface area contributed by atoms with Crippen LogP contribution in [0.15, 0.2) is 47.4 Å². The number of aryl methyl sites for hydroxylation is 1. The number of amides is 1. The molecule has 0 atom stereocenters. The van der Waals surface area contributed by atoms with Gasteiger partial charge in [0, 0.05) is 6.54 Å². The Balaban J connectivity index is 1.71. The van der Waals surface area contributed by atoms with Gasteiger partial charge in [-0.2, -0.15) is 0 Å². The van der Waals surface area contributed by atoms with Crippen molar-refractivity contribution in [2.24, 2.45) is 0 Å². The molecule has 2 aromatic carbocycles. The first kappa shape index (κ1) is 16.5. The highest BCUT2D eigenvalue weighted by Gasteiger charge is 2.17. The third-order valence-corrected chi connectivity index (χ3v) is 5.20. The average molecular weight is 346 g/mol. The summed E-state index contributed by atoms with van der Waals surface area (Å²) in [7, 11) is -3.57. The molecule has 0 bridgehead atoms. The number of fused-ring (bicyclic) bond motifs is 1. The predicted octanol–water partition coefficient (Wildman–Crippen LogP) is 2.06. The van der Waals surface area contributed by atoms with Crippen LogP contribution in [0.5, 0.6) is 5.75 Å². The van der Waals surface area contributed by atoms with E-state index in [0.717, 1.165) is 17.5 Å². The monoisotopic (exact) mass is 346 g/mol. The maximum Gasteiger partial charge on any atom is 0.262 e. The molecule has 0 aromatic heterocycles. The molecule has 1 amide bonds. The fourth-order valence-electron chi connectivity index (χ4n) is 2.39. The molecule has 2 aromatic rings. The summed E-state index contributed by atoms with van der Waals surface area (Å²) < 4.78 is 32.6. The third-order valence-electron chi connectivity index (χ3n) is 3.79. The molecule has 0 aliphatic carbocycles. The first-order valence-electron chi connectivity index (χ1n) is 7.62. The van der Waals surface area contributed by atoms with Gasteiger partial charge in [0.15, 0.2) is 6.61 Å². The van der Waals surface area contributed by atoms with E-state index in [1.54, 1.807) is 30.3 Å². The van der Waals surface area contributed by atoms with E-state index in [-0.39, 0.29) is 24.0 Å². The first-order chi connectivity index (χ1) is 11.5. The summed E-state index contributed by atoms with van der Waals surface area (Å²) in [6.07, 6.45) is 0.861. The smallest absolute Gasteiger partial charge is 0.262 e. The summed E-state index contributed by atoms with van der Waals surface area (Å²) in [5.74, 6) is 0.338.